The third kappa shape index (κ3) is 4.02. The van der Waals surface area contributed by atoms with Crippen molar-refractivity contribution in [2.75, 3.05) is 0 Å². The van der Waals surface area contributed by atoms with Gasteiger partial charge in [0.05, 0.1) is 0 Å². The number of halogens is 2. The van der Waals surface area contributed by atoms with E-state index in [1.54, 1.807) is 6.07 Å². The minimum atomic E-state index is -0.318. The maximum Gasteiger partial charge on any atom is 0.129 e. The van der Waals surface area contributed by atoms with Crippen LogP contribution in [0, 0.1) is 11.6 Å². The molecule has 0 amide bonds. The van der Waals surface area contributed by atoms with E-state index in [1.807, 2.05) is 6.07 Å². The number of hydrogen-bond donors (Lipinski definition) is 1. The van der Waals surface area contributed by atoms with Crippen molar-refractivity contribution in [1.29, 1.82) is 0 Å². The molecule has 0 atom stereocenters. The first-order valence-corrected chi connectivity index (χ1v) is 7.10. The highest BCUT2D eigenvalue weighted by atomic mass is 19.1. The van der Waals surface area contributed by atoms with E-state index in [9.17, 15) is 8.78 Å². The summed E-state index contributed by atoms with van der Waals surface area (Å²) in [6, 6.07) is 11.4. The smallest absolute Gasteiger partial charge is 0.129 e. The molecule has 2 nitrogen and oxygen atoms in total. The van der Waals surface area contributed by atoms with Gasteiger partial charge in [-0.2, -0.15) is 0 Å². The second-order valence-electron chi connectivity index (χ2n) is 5.32. The Morgan fingerprint density at radius 3 is 2.52 bits per heavy atom. The Morgan fingerprint density at radius 1 is 1.05 bits per heavy atom. The van der Waals surface area contributed by atoms with E-state index in [0.29, 0.717) is 17.4 Å². The van der Waals surface area contributed by atoms with Crippen molar-refractivity contribution in [3.63, 3.8) is 0 Å². The fourth-order valence-corrected chi connectivity index (χ4v) is 2.09. The summed E-state index contributed by atoms with van der Waals surface area (Å²) < 4.78 is 32.1. The van der Waals surface area contributed by atoms with Crippen LogP contribution in [0.1, 0.15) is 24.0 Å². The molecule has 110 valence electrons. The van der Waals surface area contributed by atoms with Crippen molar-refractivity contribution in [2.24, 2.45) is 0 Å². The van der Waals surface area contributed by atoms with Gasteiger partial charge in [0.1, 0.15) is 24.0 Å². The van der Waals surface area contributed by atoms with Gasteiger partial charge >= 0.3 is 0 Å². The van der Waals surface area contributed by atoms with E-state index in [1.165, 1.54) is 43.2 Å². The van der Waals surface area contributed by atoms with Crippen LogP contribution >= 0.6 is 0 Å². The molecule has 1 N–H and O–H groups in total. The molecule has 0 spiro atoms. The lowest BCUT2D eigenvalue weighted by Gasteiger charge is -2.10. The molecule has 0 saturated heterocycles. The van der Waals surface area contributed by atoms with E-state index >= 15 is 0 Å². The average Bonchev–Trinajstić information content (AvgIpc) is 3.31. The van der Waals surface area contributed by atoms with E-state index in [0.717, 1.165) is 12.1 Å². The molecule has 2 aromatic rings. The molecule has 0 aromatic heterocycles. The summed E-state index contributed by atoms with van der Waals surface area (Å²) in [6.07, 6.45) is 2.45. The van der Waals surface area contributed by atoms with Crippen LogP contribution in [0.2, 0.25) is 0 Å². The fraction of sp³-hybridized carbons (Fsp3) is 0.294. The highest BCUT2D eigenvalue weighted by molar-refractivity contribution is 5.27. The van der Waals surface area contributed by atoms with Crippen molar-refractivity contribution in [1.82, 2.24) is 5.32 Å². The van der Waals surface area contributed by atoms with Crippen molar-refractivity contribution in [3.8, 4) is 5.75 Å². The summed E-state index contributed by atoms with van der Waals surface area (Å²) in [6.45, 7) is 0.878. The molecule has 0 heterocycles. The Balaban J connectivity index is 1.62. The van der Waals surface area contributed by atoms with Crippen molar-refractivity contribution < 1.29 is 13.5 Å². The second kappa shape index (κ2) is 6.22. The molecule has 0 radical (unpaired) electrons. The quantitative estimate of drug-likeness (QED) is 0.873. The molecule has 21 heavy (non-hydrogen) atoms. The lowest BCUT2D eigenvalue weighted by molar-refractivity contribution is 0.299. The monoisotopic (exact) mass is 289 g/mol. The van der Waals surface area contributed by atoms with Crippen LogP contribution in [-0.4, -0.2) is 6.04 Å². The van der Waals surface area contributed by atoms with Crippen LogP contribution in [0.15, 0.2) is 42.5 Å². The Labute approximate surface area is 122 Å². The van der Waals surface area contributed by atoms with Gasteiger partial charge in [-0.05, 0) is 54.8 Å². The third-order valence-corrected chi connectivity index (χ3v) is 3.49. The van der Waals surface area contributed by atoms with Crippen molar-refractivity contribution >= 4 is 0 Å². The number of benzene rings is 2. The molecule has 0 aliphatic heterocycles. The first kappa shape index (κ1) is 14.0. The maximum atomic E-state index is 13.8. The van der Waals surface area contributed by atoms with Crippen LogP contribution < -0.4 is 10.1 Å². The fourth-order valence-electron chi connectivity index (χ4n) is 2.09. The summed E-state index contributed by atoms with van der Waals surface area (Å²) in [7, 11) is 0. The van der Waals surface area contributed by atoms with Crippen LogP contribution in [0.25, 0.3) is 0 Å². The molecule has 1 aliphatic carbocycles. The summed E-state index contributed by atoms with van der Waals surface area (Å²) in [5.74, 6) is -0.0775. The molecular weight excluding hydrogens is 272 g/mol. The molecule has 0 unspecified atom stereocenters. The summed E-state index contributed by atoms with van der Waals surface area (Å²) in [5, 5.41) is 3.39. The van der Waals surface area contributed by atoms with E-state index in [2.05, 4.69) is 5.32 Å². The van der Waals surface area contributed by atoms with Gasteiger partial charge in [-0.25, -0.2) is 8.78 Å². The van der Waals surface area contributed by atoms with Gasteiger partial charge in [-0.15, -0.1) is 0 Å². The molecule has 1 fully saturated rings. The summed E-state index contributed by atoms with van der Waals surface area (Å²) >= 11 is 0. The third-order valence-electron chi connectivity index (χ3n) is 3.49. The first-order chi connectivity index (χ1) is 10.2. The van der Waals surface area contributed by atoms with Gasteiger partial charge < -0.3 is 10.1 Å². The molecule has 4 heteroatoms. The molecule has 3 rings (SSSR count). The largest absolute Gasteiger partial charge is 0.489 e. The summed E-state index contributed by atoms with van der Waals surface area (Å²) in [4.78, 5) is 0. The van der Waals surface area contributed by atoms with Crippen LogP contribution in [0.3, 0.4) is 0 Å². The Morgan fingerprint density at radius 2 is 1.81 bits per heavy atom. The molecule has 1 aliphatic rings. The predicted octanol–water partition coefficient (Wildman–Crippen LogP) is 3.80. The van der Waals surface area contributed by atoms with Gasteiger partial charge in [0.25, 0.3) is 0 Å². The molecule has 2 aromatic carbocycles. The highest BCUT2D eigenvalue weighted by Gasteiger charge is 2.20. The zero-order chi connectivity index (χ0) is 14.7. The van der Waals surface area contributed by atoms with Gasteiger partial charge in [0.2, 0.25) is 0 Å². The Kier molecular flexibility index (Phi) is 4.15. The van der Waals surface area contributed by atoms with E-state index in [4.69, 9.17) is 4.74 Å². The first-order valence-electron chi connectivity index (χ1n) is 7.10. The highest BCUT2D eigenvalue weighted by Crippen LogP contribution is 2.20. The van der Waals surface area contributed by atoms with Crippen LogP contribution in [0.4, 0.5) is 8.78 Å². The molecular formula is C17H17F2NO. The zero-order valence-corrected chi connectivity index (χ0v) is 11.6. The van der Waals surface area contributed by atoms with Gasteiger partial charge in [0, 0.05) is 18.2 Å². The zero-order valence-electron chi connectivity index (χ0n) is 11.6. The Hall–Kier alpha value is -1.94. The van der Waals surface area contributed by atoms with E-state index < -0.39 is 0 Å². The number of rotatable bonds is 6. The minimum Gasteiger partial charge on any atom is -0.489 e. The van der Waals surface area contributed by atoms with Gasteiger partial charge in [-0.3, -0.25) is 0 Å². The molecule has 1 saturated carbocycles. The standard InChI is InChI=1S/C17H17F2NO/c18-14-2-6-16(7-3-14)21-11-13-9-12(1-8-17(13)19)10-20-15-4-5-15/h1-3,6-9,15,20H,4-5,10-11H2. The maximum absolute atomic E-state index is 13.8. The second-order valence-corrected chi connectivity index (χ2v) is 5.32. The van der Waals surface area contributed by atoms with E-state index in [-0.39, 0.29) is 18.2 Å². The van der Waals surface area contributed by atoms with Crippen molar-refractivity contribution in [2.45, 2.75) is 32.0 Å². The average molecular weight is 289 g/mol. The number of ether oxygens (including phenoxy) is 1. The SMILES string of the molecule is Fc1ccc(OCc2cc(CNC3CC3)ccc2F)cc1. The summed E-state index contributed by atoms with van der Waals surface area (Å²) in [5.41, 5.74) is 1.55. The van der Waals surface area contributed by atoms with Crippen molar-refractivity contribution in [3.05, 3.63) is 65.2 Å². The van der Waals surface area contributed by atoms with Gasteiger partial charge in [0.15, 0.2) is 0 Å². The van der Waals surface area contributed by atoms with Gasteiger partial charge in [-0.1, -0.05) is 6.07 Å². The van der Waals surface area contributed by atoms with Crippen LogP contribution in [-0.2, 0) is 13.2 Å². The normalized spacial score (nSPS) is 14.2. The Bertz CT molecular complexity index is 609. The number of nitrogens with one attached hydrogen (secondary N) is 1. The molecule has 0 bridgehead atoms. The van der Waals surface area contributed by atoms with Crippen LogP contribution in [0.5, 0.6) is 5.75 Å². The lowest BCUT2D eigenvalue weighted by Crippen LogP contribution is -2.15. The number of hydrogen-bond acceptors (Lipinski definition) is 2. The lowest BCUT2D eigenvalue weighted by atomic mass is 10.1. The minimum absolute atomic E-state index is 0.134. The predicted molar refractivity (Wildman–Crippen MR) is 77.0 cm³/mol. The topological polar surface area (TPSA) is 21.3 Å².